The lowest BCUT2D eigenvalue weighted by Gasteiger charge is -2.29. The summed E-state index contributed by atoms with van der Waals surface area (Å²) in [5.41, 5.74) is -0.749. The molecule has 7 heteroatoms. The maximum Gasteiger partial charge on any atom is 0.410 e. The topological polar surface area (TPSA) is 66.8 Å². The molecule has 2 unspecified atom stereocenters. The zero-order chi connectivity index (χ0) is 13.9. The summed E-state index contributed by atoms with van der Waals surface area (Å²) in [4.78, 5) is 23.0. The van der Waals surface area contributed by atoms with Gasteiger partial charge in [0.2, 0.25) is 0 Å². The minimum absolute atomic E-state index is 0.362. The molecule has 0 bridgehead atoms. The first-order valence-electron chi connectivity index (χ1n) is 5.08. The third-order valence-corrected chi connectivity index (χ3v) is 1.66. The Morgan fingerprint density at radius 2 is 1.82 bits per heavy atom. The molecule has 2 atom stereocenters. The number of carbonyl (C=O) groups is 2. The molecule has 0 radical (unpaired) electrons. The SMILES string of the molecule is CC(F)(P)CN(CC(=O)O)C(=O)OC(C)(C)C. The van der Waals surface area contributed by atoms with Crippen molar-refractivity contribution in [3.05, 3.63) is 0 Å². The summed E-state index contributed by atoms with van der Waals surface area (Å²) in [6.45, 7) is 5.23. The van der Waals surface area contributed by atoms with Gasteiger partial charge in [-0.3, -0.25) is 9.69 Å². The number of carboxylic acid groups (broad SMARTS) is 1. The summed E-state index contributed by atoms with van der Waals surface area (Å²) in [6.07, 6.45) is -0.841. The van der Waals surface area contributed by atoms with E-state index in [1.807, 2.05) is 9.24 Å². The average molecular weight is 267 g/mol. The number of halogens is 1. The van der Waals surface area contributed by atoms with Crippen molar-refractivity contribution in [2.45, 2.75) is 38.7 Å². The fourth-order valence-corrected chi connectivity index (χ4v) is 1.27. The summed E-state index contributed by atoms with van der Waals surface area (Å²) >= 11 is 0. The molecule has 0 saturated heterocycles. The Morgan fingerprint density at radius 3 is 2.12 bits per heavy atom. The van der Waals surface area contributed by atoms with Crippen LogP contribution in [0.2, 0.25) is 0 Å². The third-order valence-electron chi connectivity index (χ3n) is 1.48. The first-order valence-corrected chi connectivity index (χ1v) is 5.66. The number of hydrogen-bond donors (Lipinski definition) is 1. The van der Waals surface area contributed by atoms with Gasteiger partial charge in [0.15, 0.2) is 0 Å². The van der Waals surface area contributed by atoms with Crippen LogP contribution >= 0.6 is 9.24 Å². The number of carboxylic acids is 1. The van der Waals surface area contributed by atoms with Gasteiger partial charge in [-0.1, -0.05) is 9.24 Å². The average Bonchev–Trinajstić information content (AvgIpc) is 1.95. The number of nitrogens with zero attached hydrogens (tertiary/aromatic N) is 1. The largest absolute Gasteiger partial charge is 0.480 e. The Labute approximate surface area is 103 Å². The number of rotatable bonds is 4. The number of alkyl halides is 1. The zero-order valence-electron chi connectivity index (χ0n) is 10.5. The maximum atomic E-state index is 13.4. The van der Waals surface area contributed by atoms with E-state index >= 15 is 0 Å². The van der Waals surface area contributed by atoms with Gasteiger partial charge in [0.25, 0.3) is 0 Å². The third kappa shape index (κ3) is 8.86. The molecule has 0 aromatic carbocycles. The lowest BCUT2D eigenvalue weighted by molar-refractivity contribution is -0.138. The fraction of sp³-hybridized carbons (Fsp3) is 0.800. The van der Waals surface area contributed by atoms with E-state index in [4.69, 9.17) is 9.84 Å². The van der Waals surface area contributed by atoms with Gasteiger partial charge in [0.1, 0.15) is 17.6 Å². The van der Waals surface area contributed by atoms with Crippen LogP contribution in [0.25, 0.3) is 0 Å². The van der Waals surface area contributed by atoms with Gasteiger partial charge < -0.3 is 9.84 Å². The molecule has 1 amide bonds. The van der Waals surface area contributed by atoms with Gasteiger partial charge in [-0.2, -0.15) is 0 Å². The highest BCUT2D eigenvalue weighted by Gasteiger charge is 2.29. The minimum Gasteiger partial charge on any atom is -0.480 e. The van der Waals surface area contributed by atoms with E-state index in [1.54, 1.807) is 20.8 Å². The minimum atomic E-state index is -1.76. The Morgan fingerprint density at radius 1 is 1.35 bits per heavy atom. The van der Waals surface area contributed by atoms with Crippen molar-refractivity contribution in [3.8, 4) is 0 Å². The van der Waals surface area contributed by atoms with Crippen LogP contribution < -0.4 is 0 Å². The summed E-state index contributed by atoms with van der Waals surface area (Å²) in [7, 11) is 1.91. The molecule has 0 spiro atoms. The molecular formula is C10H19FNO4P. The van der Waals surface area contributed by atoms with E-state index < -0.39 is 29.6 Å². The van der Waals surface area contributed by atoms with Crippen molar-refractivity contribution in [3.63, 3.8) is 0 Å². The van der Waals surface area contributed by atoms with Gasteiger partial charge in [0.05, 0.1) is 6.54 Å². The first-order chi connectivity index (χ1) is 7.41. The Hall–Kier alpha value is -0.900. The molecule has 0 heterocycles. The molecule has 0 aliphatic heterocycles. The highest BCUT2D eigenvalue weighted by Crippen LogP contribution is 2.21. The van der Waals surface area contributed by atoms with Crippen LogP contribution in [0.1, 0.15) is 27.7 Å². The molecule has 0 aromatic rings. The molecule has 0 rings (SSSR count). The first kappa shape index (κ1) is 16.1. The van der Waals surface area contributed by atoms with E-state index in [0.29, 0.717) is 0 Å². The number of ether oxygens (including phenoxy) is 1. The van der Waals surface area contributed by atoms with Crippen LogP contribution in [-0.4, -0.2) is 46.2 Å². The van der Waals surface area contributed by atoms with E-state index in [-0.39, 0.29) is 6.54 Å². The number of hydrogen-bond acceptors (Lipinski definition) is 3. The van der Waals surface area contributed by atoms with Crippen molar-refractivity contribution in [1.82, 2.24) is 4.90 Å². The molecule has 0 aliphatic rings. The number of aliphatic carboxylic acids is 1. The Balaban J connectivity index is 4.68. The van der Waals surface area contributed by atoms with E-state index in [9.17, 15) is 14.0 Å². The lowest BCUT2D eigenvalue weighted by atomic mass is 10.2. The predicted molar refractivity (Wildman–Crippen MR) is 64.7 cm³/mol. The van der Waals surface area contributed by atoms with E-state index in [0.717, 1.165) is 4.90 Å². The van der Waals surface area contributed by atoms with Crippen molar-refractivity contribution in [2.24, 2.45) is 0 Å². The zero-order valence-corrected chi connectivity index (χ0v) is 11.6. The summed E-state index contributed by atoms with van der Waals surface area (Å²) in [5.74, 6) is -1.22. The fourth-order valence-electron chi connectivity index (χ4n) is 1.05. The number of carbonyl (C=O) groups excluding carboxylic acids is 1. The standard InChI is InChI=1S/C10H19FNO4P/c1-9(2,3)16-8(15)12(5-7(13)14)6-10(4,11)17/h5-6,17H2,1-4H3,(H,13,14). The van der Waals surface area contributed by atoms with Crippen LogP contribution in [0, 0.1) is 0 Å². The molecule has 0 saturated carbocycles. The molecule has 0 fully saturated rings. The van der Waals surface area contributed by atoms with Gasteiger partial charge in [-0.25, -0.2) is 9.18 Å². The quantitative estimate of drug-likeness (QED) is 0.789. The number of amides is 1. The van der Waals surface area contributed by atoms with Crippen molar-refractivity contribution < 1.29 is 23.8 Å². The van der Waals surface area contributed by atoms with E-state index in [2.05, 4.69) is 0 Å². The highest BCUT2D eigenvalue weighted by atomic mass is 31.0. The summed E-state index contributed by atoms with van der Waals surface area (Å²) < 4.78 is 18.4. The van der Waals surface area contributed by atoms with Crippen molar-refractivity contribution in [2.75, 3.05) is 13.1 Å². The molecule has 17 heavy (non-hydrogen) atoms. The Kier molecular flexibility index (Phi) is 5.33. The molecule has 5 nitrogen and oxygen atoms in total. The maximum absolute atomic E-state index is 13.4. The van der Waals surface area contributed by atoms with Crippen LogP contribution in [0.3, 0.4) is 0 Å². The van der Waals surface area contributed by atoms with E-state index in [1.165, 1.54) is 6.92 Å². The molecule has 1 N–H and O–H groups in total. The smallest absolute Gasteiger partial charge is 0.410 e. The van der Waals surface area contributed by atoms with Crippen LogP contribution in [-0.2, 0) is 9.53 Å². The second-order valence-corrected chi connectivity index (χ2v) is 6.21. The highest BCUT2D eigenvalue weighted by molar-refractivity contribution is 7.18. The second-order valence-electron chi connectivity index (χ2n) is 5.01. The van der Waals surface area contributed by atoms with Gasteiger partial charge >= 0.3 is 12.1 Å². The molecule has 0 aromatic heterocycles. The van der Waals surface area contributed by atoms with Crippen molar-refractivity contribution in [1.29, 1.82) is 0 Å². The summed E-state index contributed by atoms with van der Waals surface area (Å²) in [6, 6.07) is 0. The second kappa shape index (κ2) is 5.63. The molecule has 0 aliphatic carbocycles. The van der Waals surface area contributed by atoms with Gasteiger partial charge in [-0.05, 0) is 27.7 Å². The Bertz CT molecular complexity index is 296. The molecular weight excluding hydrogens is 248 g/mol. The van der Waals surface area contributed by atoms with Crippen molar-refractivity contribution >= 4 is 21.3 Å². The molecule has 100 valence electrons. The van der Waals surface area contributed by atoms with Crippen LogP contribution in [0.4, 0.5) is 9.18 Å². The summed E-state index contributed by atoms with van der Waals surface area (Å²) in [5, 5.41) is 6.89. The monoisotopic (exact) mass is 267 g/mol. The van der Waals surface area contributed by atoms with Gasteiger partial charge in [0, 0.05) is 0 Å². The predicted octanol–water partition coefficient (Wildman–Crippen LogP) is 1.87. The lowest BCUT2D eigenvalue weighted by Crippen LogP contribution is -2.44. The normalized spacial score (nSPS) is 14.9. The van der Waals surface area contributed by atoms with Gasteiger partial charge in [-0.15, -0.1) is 0 Å². The van der Waals surface area contributed by atoms with Crippen LogP contribution in [0.5, 0.6) is 0 Å². The van der Waals surface area contributed by atoms with Crippen LogP contribution in [0.15, 0.2) is 0 Å².